The highest BCUT2D eigenvalue weighted by molar-refractivity contribution is 6.16. The highest BCUT2D eigenvalue weighted by Gasteiger charge is 2.62. The minimum absolute atomic E-state index is 0.00987. The van der Waals surface area contributed by atoms with E-state index in [9.17, 15) is 34.8 Å². The van der Waals surface area contributed by atoms with Crippen molar-refractivity contribution in [2.45, 2.75) is 37.5 Å². The second-order valence-corrected chi connectivity index (χ2v) is 10.6. The Morgan fingerprint density at radius 1 is 1.16 bits per heavy atom. The van der Waals surface area contributed by atoms with Gasteiger partial charge in [-0.2, -0.15) is 0 Å². The van der Waals surface area contributed by atoms with Crippen molar-refractivity contribution < 1.29 is 34.8 Å². The molecule has 38 heavy (non-hydrogen) atoms. The van der Waals surface area contributed by atoms with Gasteiger partial charge in [0.25, 0.3) is 0 Å². The van der Waals surface area contributed by atoms with Gasteiger partial charge in [0.2, 0.25) is 5.91 Å². The number of nitrogens with zero attached hydrogens (tertiary/aromatic N) is 1. The average Bonchev–Trinajstić information content (AvgIpc) is 2.86. The van der Waals surface area contributed by atoms with Crippen LogP contribution < -0.4 is 16.0 Å². The van der Waals surface area contributed by atoms with Crippen LogP contribution in [-0.2, 0) is 22.6 Å². The largest absolute Gasteiger partial charge is 0.508 e. The Balaban J connectivity index is 1.61. The van der Waals surface area contributed by atoms with Crippen molar-refractivity contribution in [1.82, 2.24) is 0 Å². The van der Waals surface area contributed by atoms with E-state index in [0.29, 0.717) is 11.1 Å². The highest BCUT2D eigenvalue weighted by Crippen LogP contribution is 2.53. The molecule has 2 aromatic rings. The maximum atomic E-state index is 13.9. The summed E-state index contributed by atoms with van der Waals surface area (Å²) in [7, 11) is 3.65. The Morgan fingerprint density at radius 2 is 1.84 bits per heavy atom. The van der Waals surface area contributed by atoms with E-state index in [0.717, 1.165) is 11.4 Å². The zero-order valence-electron chi connectivity index (χ0n) is 21.1. The predicted molar refractivity (Wildman–Crippen MR) is 139 cm³/mol. The lowest BCUT2D eigenvalue weighted by Crippen LogP contribution is -2.63. The summed E-state index contributed by atoms with van der Waals surface area (Å²) < 4.78 is 0. The lowest BCUT2D eigenvalue weighted by Gasteiger charge is -2.48. The molecule has 2 unspecified atom stereocenters. The monoisotopic (exact) mass is 521 g/mol. The van der Waals surface area contributed by atoms with Gasteiger partial charge in [-0.3, -0.25) is 14.4 Å². The van der Waals surface area contributed by atoms with Gasteiger partial charge in [0.05, 0.1) is 11.7 Å². The summed E-state index contributed by atoms with van der Waals surface area (Å²) in [5.41, 5.74) is 5.25. The molecule has 10 nitrogen and oxygen atoms in total. The van der Waals surface area contributed by atoms with E-state index in [4.69, 9.17) is 5.73 Å². The number of carbonyl (C=O) groups excluding carboxylic acids is 3. The molecule has 200 valence electrons. The molecule has 1 fully saturated rings. The molecule has 5 atom stereocenters. The number of hydrogen-bond acceptors (Lipinski definition) is 9. The Bertz CT molecular complexity index is 1370. The third kappa shape index (κ3) is 3.74. The molecule has 0 spiro atoms. The van der Waals surface area contributed by atoms with E-state index in [2.05, 4.69) is 5.32 Å². The van der Waals surface area contributed by atoms with Gasteiger partial charge in [-0.1, -0.05) is 18.2 Å². The molecule has 7 N–H and O–H groups in total. The van der Waals surface area contributed by atoms with Gasteiger partial charge >= 0.3 is 0 Å². The Labute approximate surface area is 219 Å². The number of para-hydroxylation sites is 1. The van der Waals surface area contributed by atoms with Crippen molar-refractivity contribution in [2.75, 3.05) is 24.3 Å². The number of carbonyl (C=O) groups is 3. The number of phenols is 1. The molecule has 3 aliphatic rings. The first-order valence-electron chi connectivity index (χ1n) is 12.5. The van der Waals surface area contributed by atoms with Gasteiger partial charge in [-0.25, -0.2) is 0 Å². The second-order valence-electron chi connectivity index (χ2n) is 10.6. The van der Waals surface area contributed by atoms with Crippen LogP contribution in [0.1, 0.15) is 34.3 Å². The summed E-state index contributed by atoms with van der Waals surface area (Å²) in [6.45, 7) is 0.217. The molecule has 5 rings (SSSR count). The summed E-state index contributed by atoms with van der Waals surface area (Å²) in [4.78, 5) is 40.8. The summed E-state index contributed by atoms with van der Waals surface area (Å²) in [6, 6.07) is 11.2. The number of ketones is 2. The average molecular weight is 522 g/mol. The van der Waals surface area contributed by atoms with Crippen LogP contribution >= 0.6 is 0 Å². The van der Waals surface area contributed by atoms with Gasteiger partial charge in [0.15, 0.2) is 17.2 Å². The van der Waals surface area contributed by atoms with Crippen LogP contribution in [-0.4, -0.2) is 63.7 Å². The van der Waals surface area contributed by atoms with Crippen molar-refractivity contribution in [1.29, 1.82) is 0 Å². The molecule has 1 amide bonds. The lowest BCUT2D eigenvalue weighted by atomic mass is 9.57. The zero-order valence-corrected chi connectivity index (χ0v) is 21.1. The van der Waals surface area contributed by atoms with E-state index in [-0.39, 0.29) is 42.7 Å². The first-order valence-corrected chi connectivity index (χ1v) is 12.5. The zero-order chi connectivity index (χ0) is 27.5. The number of nitrogens with one attached hydrogen (secondary N) is 1. The number of allylic oxidation sites excluding steroid dienone is 1. The fraction of sp³-hybridized carbons (Fsp3) is 0.393. The fourth-order valence-electron chi connectivity index (χ4n) is 6.32. The lowest BCUT2D eigenvalue weighted by molar-refractivity contribution is -0.167. The van der Waals surface area contributed by atoms with Crippen LogP contribution in [0.3, 0.4) is 0 Å². The van der Waals surface area contributed by atoms with Crippen LogP contribution in [0.15, 0.2) is 47.7 Å². The maximum absolute atomic E-state index is 13.9. The number of fused-ring (bicyclic) bond motifs is 3. The minimum Gasteiger partial charge on any atom is -0.508 e. The molecule has 1 saturated carbocycles. The molecule has 0 saturated heterocycles. The molecule has 0 radical (unpaired) electrons. The van der Waals surface area contributed by atoms with Gasteiger partial charge in [-0.15, -0.1) is 0 Å². The van der Waals surface area contributed by atoms with E-state index in [1.54, 1.807) is 0 Å². The summed E-state index contributed by atoms with van der Waals surface area (Å²) in [5.74, 6) is -7.15. The van der Waals surface area contributed by atoms with Crippen LogP contribution in [0.5, 0.6) is 5.75 Å². The fourth-order valence-corrected chi connectivity index (χ4v) is 6.32. The number of aliphatic hydroxyl groups excluding tert-OH is 2. The van der Waals surface area contributed by atoms with Crippen molar-refractivity contribution in [3.63, 3.8) is 0 Å². The SMILES string of the molecule is CN(C)c1cc(CNc2ccccc2)c(O)c2c1C[C@H]1C[C@H]3CC(O)C(C(N)=O)C(=O)[C@@]3(O)C(O)=C1C2=O. The first kappa shape index (κ1) is 25.7. The third-order valence-corrected chi connectivity index (χ3v) is 8.18. The number of Topliss-reactive ketones (excluding diaryl/α,β-unsaturated/α-hetero) is 2. The molecule has 0 aliphatic heterocycles. The number of nitrogens with two attached hydrogens (primary N) is 1. The number of phenolic OH excluding ortho intramolecular Hbond substituents is 1. The molecular formula is C28H31N3O7. The van der Waals surface area contributed by atoms with Crippen molar-refractivity contribution in [3.8, 4) is 5.75 Å². The number of amides is 1. The van der Waals surface area contributed by atoms with E-state index >= 15 is 0 Å². The number of primary amides is 1. The number of rotatable bonds is 5. The van der Waals surface area contributed by atoms with E-state index in [1.807, 2.05) is 55.4 Å². The Hall–Kier alpha value is -3.89. The van der Waals surface area contributed by atoms with Gasteiger partial charge in [0, 0.05) is 49.1 Å². The van der Waals surface area contributed by atoms with E-state index in [1.165, 1.54) is 0 Å². The number of aromatic hydroxyl groups is 1. The predicted octanol–water partition coefficient (Wildman–Crippen LogP) is 1.42. The Morgan fingerprint density at radius 3 is 2.47 bits per heavy atom. The number of aliphatic hydroxyl groups is 3. The third-order valence-electron chi connectivity index (χ3n) is 8.18. The van der Waals surface area contributed by atoms with Crippen LogP contribution in [0, 0.1) is 17.8 Å². The van der Waals surface area contributed by atoms with Crippen molar-refractivity contribution in [2.24, 2.45) is 23.5 Å². The van der Waals surface area contributed by atoms with Gasteiger partial charge in [0.1, 0.15) is 17.4 Å². The molecule has 2 aromatic carbocycles. The van der Waals surface area contributed by atoms with Crippen molar-refractivity contribution in [3.05, 3.63) is 64.4 Å². The normalized spacial score (nSPS) is 28.3. The Kier molecular flexibility index (Phi) is 6.19. The molecular weight excluding hydrogens is 490 g/mol. The van der Waals surface area contributed by atoms with Crippen LogP contribution in [0.25, 0.3) is 0 Å². The quantitative estimate of drug-likeness (QED) is 0.318. The standard InChI is InChI=1S/C28H31N3O7/c1-31(2)18-10-14(12-30-16-6-4-3-5-7-16)23(33)21-17(18)9-13-8-15-11-19(32)22(27(29)37)26(36)28(15,38)25(35)20(13)24(21)34/h3-7,10,13,15,19,22,30,32-33,35,38H,8-9,11-12H2,1-2H3,(H2,29,37)/t13-,15+,19?,22?,28+/m1/s1. The van der Waals surface area contributed by atoms with E-state index < -0.39 is 52.7 Å². The molecule has 10 heteroatoms. The number of anilines is 2. The van der Waals surface area contributed by atoms with Crippen LogP contribution in [0.4, 0.5) is 11.4 Å². The maximum Gasteiger partial charge on any atom is 0.230 e. The topological polar surface area (TPSA) is 173 Å². The van der Waals surface area contributed by atoms with Crippen molar-refractivity contribution >= 4 is 28.8 Å². The number of benzene rings is 2. The molecule has 0 bridgehead atoms. The smallest absolute Gasteiger partial charge is 0.230 e. The molecule has 3 aliphatic carbocycles. The number of hydrogen-bond donors (Lipinski definition) is 6. The first-order chi connectivity index (χ1) is 18.0. The molecule has 0 heterocycles. The minimum atomic E-state index is -2.52. The molecule has 0 aromatic heterocycles. The van der Waals surface area contributed by atoms with Crippen LogP contribution in [0.2, 0.25) is 0 Å². The second kappa shape index (κ2) is 9.14. The van der Waals surface area contributed by atoms with Gasteiger partial charge < -0.3 is 36.4 Å². The summed E-state index contributed by atoms with van der Waals surface area (Å²) in [5, 5.41) is 47.6. The highest BCUT2D eigenvalue weighted by atomic mass is 16.3. The summed E-state index contributed by atoms with van der Waals surface area (Å²) in [6.07, 6.45) is -1.14. The van der Waals surface area contributed by atoms with Gasteiger partial charge in [-0.05, 0) is 48.9 Å². The summed E-state index contributed by atoms with van der Waals surface area (Å²) >= 11 is 0.